The van der Waals surface area contributed by atoms with Crippen LogP contribution in [0.1, 0.15) is 19.8 Å². The maximum absolute atomic E-state index is 12.6. The molecule has 10 heteroatoms. The number of halogens is 4. The van der Waals surface area contributed by atoms with Gasteiger partial charge in [-0.25, -0.2) is 4.99 Å². The predicted molar refractivity (Wildman–Crippen MR) is 107 cm³/mol. The Labute approximate surface area is 170 Å². The van der Waals surface area contributed by atoms with Crippen LogP contribution >= 0.6 is 22.6 Å². The monoisotopic (exact) mass is 497 g/mol. The van der Waals surface area contributed by atoms with E-state index in [1.165, 1.54) is 10.5 Å². The first-order valence-corrected chi connectivity index (χ1v) is 10.1. The molecule has 1 saturated heterocycles. The molecular formula is C17H23F3IN5O. The van der Waals surface area contributed by atoms with E-state index in [2.05, 4.69) is 61.9 Å². The number of hydrogen-bond donors (Lipinski definition) is 1. The van der Waals surface area contributed by atoms with Gasteiger partial charge >= 0.3 is 6.18 Å². The van der Waals surface area contributed by atoms with Gasteiger partial charge in [-0.3, -0.25) is 9.80 Å². The zero-order chi connectivity index (χ0) is 19.6. The maximum atomic E-state index is 12.6. The average molecular weight is 497 g/mol. The van der Waals surface area contributed by atoms with Crippen LogP contribution in [-0.4, -0.2) is 71.5 Å². The van der Waals surface area contributed by atoms with Crippen molar-refractivity contribution in [3.05, 3.63) is 23.3 Å². The van der Waals surface area contributed by atoms with Crippen molar-refractivity contribution in [2.24, 2.45) is 9.98 Å². The third-order valence-electron chi connectivity index (χ3n) is 4.57. The number of likely N-dealkylation sites (tertiary alicyclic amines) is 1. The smallest absolute Gasteiger partial charge is 0.422 e. The van der Waals surface area contributed by atoms with Gasteiger partial charge in [0.15, 0.2) is 12.9 Å². The van der Waals surface area contributed by atoms with Crippen LogP contribution in [-0.2, 0) is 4.74 Å². The van der Waals surface area contributed by atoms with Gasteiger partial charge < -0.3 is 10.1 Å². The molecule has 1 fully saturated rings. The normalized spacial score (nSPS) is 28.1. The molecule has 2 atom stereocenters. The third-order valence-corrected chi connectivity index (χ3v) is 5.91. The molecule has 0 aromatic carbocycles. The van der Waals surface area contributed by atoms with Gasteiger partial charge in [0.2, 0.25) is 5.96 Å². The molecular weight excluding hydrogens is 474 g/mol. The van der Waals surface area contributed by atoms with Gasteiger partial charge in [-0.1, -0.05) is 40.3 Å². The molecule has 0 aromatic rings. The topological polar surface area (TPSA) is 52.5 Å². The largest absolute Gasteiger partial charge is 0.455 e. The highest BCUT2D eigenvalue weighted by Crippen LogP contribution is 2.25. The molecule has 150 valence electrons. The molecule has 2 unspecified atom stereocenters. The van der Waals surface area contributed by atoms with Gasteiger partial charge in [-0.2, -0.15) is 18.2 Å². The highest BCUT2D eigenvalue weighted by atomic mass is 127. The lowest BCUT2D eigenvalue weighted by Gasteiger charge is -2.35. The number of aliphatic imine (C=N–C) groups is 2. The van der Waals surface area contributed by atoms with Gasteiger partial charge in [0, 0.05) is 20.1 Å². The van der Waals surface area contributed by atoms with Gasteiger partial charge in [0.25, 0.3) is 6.02 Å². The average Bonchev–Trinajstić information content (AvgIpc) is 3.23. The Bertz CT molecular complexity index is 683. The fraction of sp³-hybridized carbons (Fsp3) is 0.647. The summed E-state index contributed by atoms with van der Waals surface area (Å²) in [5.74, 6) is 0.461. The Hall–Kier alpha value is -1.30. The summed E-state index contributed by atoms with van der Waals surface area (Å²) in [5.41, 5.74) is 2.36. The first-order valence-electron chi connectivity index (χ1n) is 8.82. The quantitative estimate of drug-likeness (QED) is 0.480. The molecule has 0 amide bonds. The van der Waals surface area contributed by atoms with E-state index in [4.69, 9.17) is 4.74 Å². The van der Waals surface area contributed by atoms with Crippen molar-refractivity contribution >= 4 is 34.6 Å². The standard InChI is InChI=1S/C17H23F3IN5O/c1-11-7-12(8-13(11)21)9-22-14-23-15(26-5-3-4-6-26)24-16(25(14)2)27-10-17(18,19)20/h7-8,13,15H,3-6,9-10H2,1-2H3,(H,22,23). The summed E-state index contributed by atoms with van der Waals surface area (Å²) in [6.07, 6.45) is 1.44. The second-order valence-corrected chi connectivity index (χ2v) is 8.15. The van der Waals surface area contributed by atoms with Crippen molar-refractivity contribution < 1.29 is 17.9 Å². The van der Waals surface area contributed by atoms with Gasteiger partial charge in [-0.15, -0.1) is 0 Å². The molecule has 0 aromatic heterocycles. The number of amidine groups is 1. The fourth-order valence-electron chi connectivity index (χ4n) is 3.12. The van der Waals surface area contributed by atoms with Crippen molar-refractivity contribution in [1.29, 1.82) is 0 Å². The lowest BCUT2D eigenvalue weighted by atomic mass is 10.3. The second-order valence-electron chi connectivity index (χ2n) is 6.81. The van der Waals surface area contributed by atoms with Crippen LogP contribution in [0.5, 0.6) is 0 Å². The first-order chi connectivity index (χ1) is 12.7. The Kier molecular flexibility index (Phi) is 6.34. The summed E-state index contributed by atoms with van der Waals surface area (Å²) in [4.78, 5) is 12.4. The maximum Gasteiger partial charge on any atom is 0.422 e. The van der Waals surface area contributed by atoms with Crippen LogP contribution < -0.4 is 5.32 Å². The van der Waals surface area contributed by atoms with Crippen molar-refractivity contribution in [3.8, 4) is 0 Å². The van der Waals surface area contributed by atoms with Gasteiger partial charge in [0.05, 0.1) is 10.5 Å². The SMILES string of the molecule is CC1=CC(CN=C2NC(N3CCCC3)N=C(OCC(F)(F)F)N2C)=CC1I. The Morgan fingerprint density at radius 1 is 1.37 bits per heavy atom. The van der Waals surface area contributed by atoms with Gasteiger partial charge in [0.1, 0.15) is 0 Å². The number of nitrogens with zero attached hydrogens (tertiary/aromatic N) is 4. The lowest BCUT2D eigenvalue weighted by molar-refractivity contribution is -0.157. The highest BCUT2D eigenvalue weighted by molar-refractivity contribution is 14.1. The summed E-state index contributed by atoms with van der Waals surface area (Å²) < 4.78 is 43.1. The molecule has 2 heterocycles. The van der Waals surface area contributed by atoms with Crippen LogP contribution in [0.15, 0.2) is 33.3 Å². The Balaban J connectivity index is 1.76. The molecule has 1 aliphatic carbocycles. The molecule has 0 saturated carbocycles. The number of alkyl halides is 4. The molecule has 0 bridgehead atoms. The van der Waals surface area contributed by atoms with E-state index >= 15 is 0 Å². The molecule has 3 aliphatic rings. The van der Waals surface area contributed by atoms with E-state index < -0.39 is 19.1 Å². The number of ether oxygens (including phenoxy) is 1. The Morgan fingerprint density at radius 3 is 2.67 bits per heavy atom. The summed E-state index contributed by atoms with van der Waals surface area (Å²) in [6.45, 7) is 2.82. The number of hydrogen-bond acceptors (Lipinski definition) is 4. The van der Waals surface area contributed by atoms with Gasteiger partial charge in [-0.05, 0) is 25.3 Å². The van der Waals surface area contributed by atoms with E-state index in [1.54, 1.807) is 7.05 Å². The fourth-order valence-corrected chi connectivity index (χ4v) is 3.76. The number of nitrogens with one attached hydrogen (secondary N) is 1. The summed E-state index contributed by atoms with van der Waals surface area (Å²) >= 11 is 2.35. The highest BCUT2D eigenvalue weighted by Gasteiger charge is 2.34. The minimum absolute atomic E-state index is 0.0689. The number of rotatable bonds is 4. The zero-order valence-corrected chi connectivity index (χ0v) is 17.4. The number of guanidine groups is 1. The molecule has 2 aliphatic heterocycles. The second kappa shape index (κ2) is 8.38. The van der Waals surface area contributed by atoms with Crippen LogP contribution in [0.2, 0.25) is 0 Å². The molecule has 1 N–H and O–H groups in total. The summed E-state index contributed by atoms with van der Waals surface area (Å²) in [7, 11) is 1.60. The minimum Gasteiger partial charge on any atom is -0.455 e. The summed E-state index contributed by atoms with van der Waals surface area (Å²) in [5, 5.41) is 3.22. The summed E-state index contributed by atoms with van der Waals surface area (Å²) in [6, 6.07) is -0.0689. The Morgan fingerprint density at radius 2 is 2.07 bits per heavy atom. The molecule has 0 spiro atoms. The van der Waals surface area contributed by atoms with E-state index in [9.17, 15) is 13.2 Å². The van der Waals surface area contributed by atoms with E-state index in [0.717, 1.165) is 31.5 Å². The third kappa shape index (κ3) is 5.37. The minimum atomic E-state index is -4.42. The van der Waals surface area contributed by atoms with Crippen molar-refractivity contribution in [2.75, 3.05) is 33.3 Å². The zero-order valence-electron chi connectivity index (χ0n) is 15.3. The number of allylic oxidation sites excluding steroid dienone is 2. The van der Waals surface area contributed by atoms with E-state index in [0.29, 0.717) is 16.4 Å². The molecule has 27 heavy (non-hydrogen) atoms. The van der Waals surface area contributed by atoms with E-state index in [1.807, 2.05) is 0 Å². The molecule has 3 rings (SSSR count). The van der Waals surface area contributed by atoms with Crippen LogP contribution in [0.25, 0.3) is 0 Å². The molecule has 0 radical (unpaired) electrons. The van der Waals surface area contributed by atoms with Crippen molar-refractivity contribution in [2.45, 2.75) is 36.2 Å². The van der Waals surface area contributed by atoms with Crippen LogP contribution in [0.4, 0.5) is 13.2 Å². The van der Waals surface area contributed by atoms with Crippen molar-refractivity contribution in [3.63, 3.8) is 0 Å². The lowest BCUT2D eigenvalue weighted by Crippen LogP contribution is -2.57. The predicted octanol–water partition coefficient (Wildman–Crippen LogP) is 2.88. The first kappa shape index (κ1) is 20.4. The van der Waals surface area contributed by atoms with Crippen LogP contribution in [0, 0.1) is 0 Å². The molecule has 6 nitrogen and oxygen atoms in total. The van der Waals surface area contributed by atoms with E-state index in [-0.39, 0.29) is 6.02 Å². The van der Waals surface area contributed by atoms with Crippen LogP contribution in [0.3, 0.4) is 0 Å². The van der Waals surface area contributed by atoms with Crippen molar-refractivity contribution in [1.82, 2.24) is 15.1 Å².